The third-order valence-corrected chi connectivity index (χ3v) is 3.37. The summed E-state index contributed by atoms with van der Waals surface area (Å²) in [7, 11) is 0. The first-order valence-electron chi connectivity index (χ1n) is 5.66. The average Bonchev–Trinajstić information content (AvgIpc) is 3.13. The van der Waals surface area contributed by atoms with E-state index in [0.717, 1.165) is 5.56 Å². The molecule has 3 heteroatoms. The number of rotatable bonds is 4. The molecule has 86 valence electrons. The zero-order valence-corrected chi connectivity index (χ0v) is 10.1. The molecule has 0 saturated heterocycles. The fourth-order valence-electron chi connectivity index (χ4n) is 1.75. The van der Waals surface area contributed by atoms with Gasteiger partial charge in [-0.05, 0) is 43.4 Å². The molecular formula is C13H16ClNO. The van der Waals surface area contributed by atoms with Gasteiger partial charge in [-0.2, -0.15) is 0 Å². The standard InChI is InChI=1S/C13H16ClNO/c1-9(11-6-7-11)15-13(16)12-4-2-10(8-14)3-5-12/h2-5,9,11H,6-8H2,1H3,(H,15,16). The van der Waals surface area contributed by atoms with E-state index >= 15 is 0 Å². The van der Waals surface area contributed by atoms with Crippen molar-refractivity contribution in [3.8, 4) is 0 Å². The van der Waals surface area contributed by atoms with Crippen LogP contribution < -0.4 is 5.32 Å². The Balaban J connectivity index is 1.96. The quantitative estimate of drug-likeness (QED) is 0.802. The number of halogens is 1. The van der Waals surface area contributed by atoms with Gasteiger partial charge in [0.2, 0.25) is 0 Å². The van der Waals surface area contributed by atoms with Gasteiger partial charge in [-0.25, -0.2) is 0 Å². The number of carbonyl (C=O) groups excluding carboxylic acids is 1. The van der Waals surface area contributed by atoms with Gasteiger partial charge >= 0.3 is 0 Å². The Bertz CT molecular complexity index is 370. The molecule has 1 aliphatic rings. The van der Waals surface area contributed by atoms with Crippen LogP contribution in [0, 0.1) is 5.92 Å². The molecule has 16 heavy (non-hydrogen) atoms. The van der Waals surface area contributed by atoms with Crippen LogP contribution in [0.5, 0.6) is 0 Å². The normalized spacial score (nSPS) is 16.9. The molecular weight excluding hydrogens is 222 g/mol. The summed E-state index contributed by atoms with van der Waals surface area (Å²) < 4.78 is 0. The smallest absolute Gasteiger partial charge is 0.251 e. The molecule has 1 amide bonds. The highest BCUT2D eigenvalue weighted by atomic mass is 35.5. The first kappa shape index (κ1) is 11.5. The highest BCUT2D eigenvalue weighted by molar-refractivity contribution is 6.17. The van der Waals surface area contributed by atoms with Gasteiger partial charge in [0.25, 0.3) is 5.91 Å². The molecule has 0 aromatic heterocycles. The van der Waals surface area contributed by atoms with Gasteiger partial charge in [-0.15, -0.1) is 11.6 Å². The van der Waals surface area contributed by atoms with Crippen LogP contribution in [0.15, 0.2) is 24.3 Å². The van der Waals surface area contributed by atoms with E-state index in [1.165, 1.54) is 12.8 Å². The van der Waals surface area contributed by atoms with Gasteiger partial charge in [-0.1, -0.05) is 12.1 Å². The van der Waals surface area contributed by atoms with Gasteiger partial charge in [0, 0.05) is 17.5 Å². The number of benzene rings is 1. The third kappa shape index (κ3) is 2.76. The minimum Gasteiger partial charge on any atom is -0.349 e. The van der Waals surface area contributed by atoms with E-state index < -0.39 is 0 Å². The molecule has 2 nitrogen and oxygen atoms in total. The number of alkyl halides is 1. The highest BCUT2D eigenvalue weighted by Crippen LogP contribution is 2.32. The van der Waals surface area contributed by atoms with Gasteiger partial charge in [0.1, 0.15) is 0 Å². The first-order valence-corrected chi connectivity index (χ1v) is 6.20. The Labute approximate surface area is 101 Å². The Morgan fingerprint density at radius 3 is 2.56 bits per heavy atom. The van der Waals surface area contributed by atoms with Crippen molar-refractivity contribution in [1.29, 1.82) is 0 Å². The van der Waals surface area contributed by atoms with Gasteiger partial charge in [-0.3, -0.25) is 4.79 Å². The van der Waals surface area contributed by atoms with Crippen molar-refractivity contribution in [2.24, 2.45) is 5.92 Å². The molecule has 1 aromatic carbocycles. The number of amides is 1. The average molecular weight is 238 g/mol. The fourth-order valence-corrected chi connectivity index (χ4v) is 1.93. The molecule has 0 radical (unpaired) electrons. The predicted octanol–water partition coefficient (Wildman–Crippen LogP) is 2.95. The second-order valence-corrected chi connectivity index (χ2v) is 4.70. The number of carbonyl (C=O) groups is 1. The SMILES string of the molecule is CC(NC(=O)c1ccc(CCl)cc1)C1CC1. The third-order valence-electron chi connectivity index (χ3n) is 3.06. The van der Waals surface area contributed by atoms with Crippen molar-refractivity contribution in [2.75, 3.05) is 0 Å². The maximum absolute atomic E-state index is 11.8. The van der Waals surface area contributed by atoms with Crippen LogP contribution in [-0.4, -0.2) is 11.9 Å². The van der Waals surface area contributed by atoms with Crippen LogP contribution in [0.3, 0.4) is 0 Å². The van der Waals surface area contributed by atoms with Gasteiger partial charge in [0.05, 0.1) is 0 Å². The first-order chi connectivity index (χ1) is 7.70. The summed E-state index contributed by atoms with van der Waals surface area (Å²) in [4.78, 5) is 11.8. The van der Waals surface area contributed by atoms with Gasteiger partial charge in [0.15, 0.2) is 0 Å². The van der Waals surface area contributed by atoms with E-state index in [2.05, 4.69) is 12.2 Å². The van der Waals surface area contributed by atoms with E-state index in [9.17, 15) is 4.79 Å². The molecule has 0 bridgehead atoms. The van der Waals surface area contributed by atoms with E-state index in [4.69, 9.17) is 11.6 Å². The van der Waals surface area contributed by atoms with Crippen molar-refractivity contribution in [2.45, 2.75) is 31.7 Å². The summed E-state index contributed by atoms with van der Waals surface area (Å²) in [6.07, 6.45) is 2.49. The van der Waals surface area contributed by atoms with Crippen molar-refractivity contribution >= 4 is 17.5 Å². The van der Waals surface area contributed by atoms with Crippen LogP contribution in [-0.2, 0) is 5.88 Å². The van der Waals surface area contributed by atoms with Crippen LogP contribution in [0.1, 0.15) is 35.7 Å². The summed E-state index contributed by atoms with van der Waals surface area (Å²) in [6, 6.07) is 7.73. The lowest BCUT2D eigenvalue weighted by molar-refractivity contribution is 0.0936. The summed E-state index contributed by atoms with van der Waals surface area (Å²) in [5.74, 6) is 1.19. The molecule has 1 unspecified atom stereocenters. The molecule has 1 aromatic rings. The molecule has 0 heterocycles. The lowest BCUT2D eigenvalue weighted by Gasteiger charge is -2.12. The Morgan fingerprint density at radius 2 is 2.06 bits per heavy atom. The molecule has 1 atom stereocenters. The summed E-state index contributed by atoms with van der Waals surface area (Å²) in [6.45, 7) is 2.07. The topological polar surface area (TPSA) is 29.1 Å². The molecule has 1 aliphatic carbocycles. The molecule has 1 saturated carbocycles. The van der Waals surface area contributed by atoms with Crippen molar-refractivity contribution < 1.29 is 4.79 Å². The molecule has 0 spiro atoms. The van der Waals surface area contributed by atoms with Crippen molar-refractivity contribution in [1.82, 2.24) is 5.32 Å². The Morgan fingerprint density at radius 1 is 1.44 bits per heavy atom. The van der Waals surface area contributed by atoms with E-state index in [0.29, 0.717) is 23.4 Å². The molecule has 1 N–H and O–H groups in total. The summed E-state index contributed by atoms with van der Waals surface area (Å²) in [5, 5.41) is 3.02. The van der Waals surface area contributed by atoms with Crippen molar-refractivity contribution in [3.05, 3.63) is 35.4 Å². The monoisotopic (exact) mass is 237 g/mol. The Hall–Kier alpha value is -1.02. The molecule has 2 rings (SSSR count). The van der Waals surface area contributed by atoms with Crippen molar-refractivity contribution in [3.63, 3.8) is 0 Å². The van der Waals surface area contributed by atoms with Crippen LogP contribution in [0.2, 0.25) is 0 Å². The van der Waals surface area contributed by atoms with E-state index in [-0.39, 0.29) is 5.91 Å². The minimum absolute atomic E-state index is 0.0144. The maximum atomic E-state index is 11.8. The summed E-state index contributed by atoms with van der Waals surface area (Å²) >= 11 is 5.69. The number of nitrogens with one attached hydrogen (secondary N) is 1. The van der Waals surface area contributed by atoms with Crippen LogP contribution in [0.4, 0.5) is 0 Å². The predicted molar refractivity (Wildman–Crippen MR) is 65.7 cm³/mol. The van der Waals surface area contributed by atoms with Crippen LogP contribution in [0.25, 0.3) is 0 Å². The minimum atomic E-state index is 0.0144. The zero-order chi connectivity index (χ0) is 11.5. The van der Waals surface area contributed by atoms with E-state index in [1.807, 2.05) is 24.3 Å². The lowest BCUT2D eigenvalue weighted by Crippen LogP contribution is -2.33. The van der Waals surface area contributed by atoms with Crippen LogP contribution >= 0.6 is 11.6 Å². The second kappa shape index (κ2) is 4.88. The second-order valence-electron chi connectivity index (χ2n) is 4.43. The van der Waals surface area contributed by atoms with Gasteiger partial charge < -0.3 is 5.32 Å². The number of hydrogen-bond acceptors (Lipinski definition) is 1. The van der Waals surface area contributed by atoms with E-state index in [1.54, 1.807) is 0 Å². The molecule has 1 fully saturated rings. The largest absolute Gasteiger partial charge is 0.349 e. The number of hydrogen-bond donors (Lipinski definition) is 1. The fraction of sp³-hybridized carbons (Fsp3) is 0.462. The molecule has 0 aliphatic heterocycles. The Kier molecular flexibility index (Phi) is 3.49. The highest BCUT2D eigenvalue weighted by Gasteiger charge is 2.28. The maximum Gasteiger partial charge on any atom is 0.251 e. The zero-order valence-electron chi connectivity index (χ0n) is 9.37. The lowest BCUT2D eigenvalue weighted by atomic mass is 10.1. The summed E-state index contributed by atoms with van der Waals surface area (Å²) in [5.41, 5.74) is 1.75.